The first kappa shape index (κ1) is 14.8. The van der Waals surface area contributed by atoms with Crippen LogP contribution >= 0.6 is 11.6 Å². The molecule has 112 valence electrons. The van der Waals surface area contributed by atoms with Crippen molar-refractivity contribution in [3.05, 3.63) is 41.0 Å². The molecular formula is C17H21ClN2O. The Bertz CT molecular complexity index is 631. The van der Waals surface area contributed by atoms with Crippen molar-refractivity contribution in [3.63, 3.8) is 0 Å². The third-order valence-electron chi connectivity index (χ3n) is 4.49. The van der Waals surface area contributed by atoms with E-state index in [9.17, 15) is 5.11 Å². The standard InChI is InChI=1S/C17H21ClN2O/c1-12-4-5-13(11-21)9-20(12)10-15-8-16(18)7-14-3-2-6-19-17(14)15/h2-3,6-8,12-13,21H,4-5,9-11H2,1H3. The van der Waals surface area contributed by atoms with E-state index in [2.05, 4.69) is 16.8 Å². The number of nitrogens with zero attached hydrogens (tertiary/aromatic N) is 2. The fourth-order valence-corrected chi connectivity index (χ4v) is 3.45. The van der Waals surface area contributed by atoms with Crippen molar-refractivity contribution in [2.75, 3.05) is 13.2 Å². The van der Waals surface area contributed by atoms with Crippen molar-refractivity contribution in [1.29, 1.82) is 0 Å². The Balaban J connectivity index is 1.90. The maximum absolute atomic E-state index is 9.42. The Labute approximate surface area is 130 Å². The summed E-state index contributed by atoms with van der Waals surface area (Å²) in [5.74, 6) is 0.389. The topological polar surface area (TPSA) is 36.4 Å². The molecule has 0 amide bonds. The average molecular weight is 305 g/mol. The van der Waals surface area contributed by atoms with Crippen LogP contribution in [0.4, 0.5) is 0 Å². The van der Waals surface area contributed by atoms with E-state index in [0.717, 1.165) is 41.9 Å². The second-order valence-electron chi connectivity index (χ2n) is 6.04. The lowest BCUT2D eigenvalue weighted by molar-refractivity contribution is 0.0774. The van der Waals surface area contributed by atoms with Crippen LogP contribution in [0, 0.1) is 5.92 Å². The highest BCUT2D eigenvalue weighted by molar-refractivity contribution is 6.31. The van der Waals surface area contributed by atoms with Crippen molar-refractivity contribution in [1.82, 2.24) is 9.88 Å². The molecular weight excluding hydrogens is 284 g/mol. The molecule has 1 aliphatic heterocycles. The molecule has 0 radical (unpaired) electrons. The van der Waals surface area contributed by atoms with Gasteiger partial charge in [0, 0.05) is 42.3 Å². The average Bonchev–Trinajstić information content (AvgIpc) is 2.49. The molecule has 1 N–H and O–H groups in total. The van der Waals surface area contributed by atoms with Crippen molar-refractivity contribution in [3.8, 4) is 0 Å². The number of aliphatic hydroxyl groups is 1. The number of pyridine rings is 1. The molecule has 1 aromatic heterocycles. The molecule has 2 heterocycles. The van der Waals surface area contributed by atoms with Crippen molar-refractivity contribution >= 4 is 22.5 Å². The lowest BCUT2D eigenvalue weighted by atomic mass is 9.93. The summed E-state index contributed by atoms with van der Waals surface area (Å²) in [4.78, 5) is 6.95. The third-order valence-corrected chi connectivity index (χ3v) is 4.71. The molecule has 0 aliphatic carbocycles. The van der Waals surface area contributed by atoms with Gasteiger partial charge in [-0.15, -0.1) is 0 Å². The first-order chi connectivity index (χ1) is 10.2. The number of hydrogen-bond donors (Lipinski definition) is 1. The summed E-state index contributed by atoms with van der Waals surface area (Å²) < 4.78 is 0. The Kier molecular flexibility index (Phi) is 4.43. The lowest BCUT2D eigenvalue weighted by Gasteiger charge is -2.37. The van der Waals surface area contributed by atoms with Crippen LogP contribution in [-0.2, 0) is 6.54 Å². The Morgan fingerprint density at radius 1 is 1.38 bits per heavy atom. The summed E-state index contributed by atoms with van der Waals surface area (Å²) >= 11 is 6.25. The monoisotopic (exact) mass is 304 g/mol. The van der Waals surface area contributed by atoms with Gasteiger partial charge in [0.2, 0.25) is 0 Å². The molecule has 0 saturated carbocycles. The number of aromatic nitrogens is 1. The second kappa shape index (κ2) is 6.30. The zero-order valence-electron chi connectivity index (χ0n) is 12.3. The Morgan fingerprint density at radius 3 is 3.05 bits per heavy atom. The predicted octanol–water partition coefficient (Wildman–Crippen LogP) is 3.48. The van der Waals surface area contributed by atoms with Crippen LogP contribution in [0.1, 0.15) is 25.3 Å². The molecule has 1 saturated heterocycles. The number of halogens is 1. The molecule has 4 heteroatoms. The van der Waals surface area contributed by atoms with Crippen molar-refractivity contribution < 1.29 is 5.11 Å². The van der Waals surface area contributed by atoms with Crippen LogP contribution in [0.25, 0.3) is 10.9 Å². The molecule has 0 spiro atoms. The number of fused-ring (bicyclic) bond motifs is 1. The van der Waals surface area contributed by atoms with E-state index in [1.54, 1.807) is 0 Å². The minimum Gasteiger partial charge on any atom is -0.396 e. The highest BCUT2D eigenvalue weighted by atomic mass is 35.5. The summed E-state index contributed by atoms with van der Waals surface area (Å²) in [6.07, 6.45) is 4.08. The minimum atomic E-state index is 0.276. The van der Waals surface area contributed by atoms with E-state index in [-0.39, 0.29) is 6.61 Å². The normalized spacial score (nSPS) is 23.6. The van der Waals surface area contributed by atoms with Crippen LogP contribution in [0.15, 0.2) is 30.5 Å². The van der Waals surface area contributed by atoms with Crippen LogP contribution in [0.2, 0.25) is 5.02 Å². The number of hydrogen-bond acceptors (Lipinski definition) is 3. The molecule has 2 atom stereocenters. The third kappa shape index (κ3) is 3.20. The van der Waals surface area contributed by atoms with E-state index in [0.29, 0.717) is 12.0 Å². The molecule has 0 bridgehead atoms. The van der Waals surface area contributed by atoms with E-state index in [1.807, 2.05) is 30.5 Å². The molecule has 21 heavy (non-hydrogen) atoms. The largest absolute Gasteiger partial charge is 0.396 e. The van der Waals surface area contributed by atoms with E-state index >= 15 is 0 Å². The summed E-state index contributed by atoms with van der Waals surface area (Å²) in [7, 11) is 0. The predicted molar refractivity (Wildman–Crippen MR) is 86.4 cm³/mol. The van der Waals surface area contributed by atoms with Gasteiger partial charge in [-0.25, -0.2) is 0 Å². The summed E-state index contributed by atoms with van der Waals surface area (Å²) in [6.45, 7) is 4.32. The number of likely N-dealkylation sites (tertiary alicyclic amines) is 1. The summed E-state index contributed by atoms with van der Waals surface area (Å²) in [5, 5.41) is 11.3. The summed E-state index contributed by atoms with van der Waals surface area (Å²) in [5.41, 5.74) is 2.20. The zero-order chi connectivity index (χ0) is 14.8. The van der Waals surface area contributed by atoms with Gasteiger partial charge in [-0.1, -0.05) is 17.7 Å². The SMILES string of the molecule is CC1CCC(CO)CN1Cc1cc(Cl)cc2cccnc12. The maximum Gasteiger partial charge on any atom is 0.0747 e. The highest BCUT2D eigenvalue weighted by Gasteiger charge is 2.25. The summed E-state index contributed by atoms with van der Waals surface area (Å²) in [6, 6.07) is 8.50. The number of benzene rings is 1. The number of aliphatic hydroxyl groups excluding tert-OH is 1. The van der Waals surface area contributed by atoms with Gasteiger partial charge in [0.25, 0.3) is 0 Å². The Hall–Kier alpha value is -1.16. The van der Waals surface area contributed by atoms with Gasteiger partial charge < -0.3 is 5.11 Å². The van der Waals surface area contributed by atoms with Gasteiger partial charge in [0.15, 0.2) is 0 Å². The first-order valence-corrected chi connectivity index (χ1v) is 7.93. The molecule has 3 rings (SSSR count). The second-order valence-corrected chi connectivity index (χ2v) is 6.48. The van der Waals surface area contributed by atoms with Gasteiger partial charge in [0.1, 0.15) is 0 Å². The molecule has 2 aromatic rings. The first-order valence-electron chi connectivity index (χ1n) is 7.55. The van der Waals surface area contributed by atoms with Crippen LogP contribution in [-0.4, -0.2) is 34.2 Å². The van der Waals surface area contributed by atoms with E-state index in [4.69, 9.17) is 11.6 Å². The highest BCUT2D eigenvalue weighted by Crippen LogP contribution is 2.27. The van der Waals surface area contributed by atoms with Gasteiger partial charge in [-0.3, -0.25) is 9.88 Å². The van der Waals surface area contributed by atoms with Crippen LogP contribution in [0.3, 0.4) is 0 Å². The van der Waals surface area contributed by atoms with Gasteiger partial charge >= 0.3 is 0 Å². The smallest absolute Gasteiger partial charge is 0.0747 e. The van der Waals surface area contributed by atoms with Crippen LogP contribution < -0.4 is 0 Å². The van der Waals surface area contributed by atoms with Gasteiger partial charge in [-0.2, -0.15) is 0 Å². The number of rotatable bonds is 3. The molecule has 3 nitrogen and oxygen atoms in total. The fourth-order valence-electron chi connectivity index (χ4n) is 3.20. The van der Waals surface area contributed by atoms with Crippen LogP contribution in [0.5, 0.6) is 0 Å². The molecule has 1 aromatic carbocycles. The van der Waals surface area contributed by atoms with Crippen molar-refractivity contribution in [2.24, 2.45) is 5.92 Å². The quantitative estimate of drug-likeness (QED) is 0.943. The van der Waals surface area contributed by atoms with Gasteiger partial charge in [-0.05, 0) is 49.4 Å². The molecule has 2 unspecified atom stereocenters. The fraction of sp³-hybridized carbons (Fsp3) is 0.471. The Morgan fingerprint density at radius 2 is 2.24 bits per heavy atom. The zero-order valence-corrected chi connectivity index (χ0v) is 13.1. The van der Waals surface area contributed by atoms with E-state index < -0.39 is 0 Å². The molecule has 1 fully saturated rings. The molecule has 1 aliphatic rings. The van der Waals surface area contributed by atoms with Gasteiger partial charge in [0.05, 0.1) is 5.52 Å². The minimum absolute atomic E-state index is 0.276. The number of piperidine rings is 1. The maximum atomic E-state index is 9.42. The lowest BCUT2D eigenvalue weighted by Crippen LogP contribution is -2.42. The van der Waals surface area contributed by atoms with Crippen molar-refractivity contribution in [2.45, 2.75) is 32.4 Å². The van der Waals surface area contributed by atoms with E-state index in [1.165, 1.54) is 5.56 Å².